The lowest BCUT2D eigenvalue weighted by Crippen LogP contribution is -2.36. The number of carbonyl (C=O) groups is 1. The Hall–Kier alpha value is -2.15. The third-order valence-corrected chi connectivity index (χ3v) is 4.47. The molecule has 0 aliphatic carbocycles. The number of carbonyl (C=O) groups excluding carboxylic acids is 1. The highest BCUT2D eigenvalue weighted by Gasteiger charge is 2.38. The number of rotatable bonds is 8. The second kappa shape index (κ2) is 9.52. The number of methoxy groups -OCH3 is 1. The van der Waals surface area contributed by atoms with E-state index in [4.69, 9.17) is 21.1 Å². The van der Waals surface area contributed by atoms with Gasteiger partial charge in [0.15, 0.2) is 0 Å². The highest BCUT2D eigenvalue weighted by molar-refractivity contribution is 6.30. The van der Waals surface area contributed by atoms with Crippen molar-refractivity contribution in [1.29, 1.82) is 0 Å². The van der Waals surface area contributed by atoms with Gasteiger partial charge >= 0.3 is 5.97 Å². The number of nitrogens with one attached hydrogen (secondary N) is 1. The first kappa shape index (κ1) is 20.2. The standard InChI is InChI=1S/C19H23ClN2O4/c1-4-26-19(24)15(17(23)14-6-5-11-22-18(14)20)16(21-2)12-7-9-13(25-3)10-8-12/h5-11,15-17,21,23H,4H2,1-3H3/t15-,16-,17+/m1/s1. The number of ether oxygens (including phenoxy) is 2. The minimum absolute atomic E-state index is 0.152. The number of aliphatic hydroxyl groups is 1. The summed E-state index contributed by atoms with van der Waals surface area (Å²) in [6, 6.07) is 10.1. The lowest BCUT2D eigenvalue weighted by atomic mass is 9.85. The first-order valence-corrected chi connectivity index (χ1v) is 8.67. The van der Waals surface area contributed by atoms with E-state index in [0.29, 0.717) is 11.3 Å². The Morgan fingerprint density at radius 1 is 1.31 bits per heavy atom. The molecule has 0 unspecified atom stereocenters. The van der Waals surface area contributed by atoms with Gasteiger partial charge in [-0.25, -0.2) is 4.98 Å². The Morgan fingerprint density at radius 3 is 2.54 bits per heavy atom. The van der Waals surface area contributed by atoms with E-state index in [-0.39, 0.29) is 11.8 Å². The van der Waals surface area contributed by atoms with Crippen LogP contribution in [0.3, 0.4) is 0 Å². The number of hydrogen-bond acceptors (Lipinski definition) is 6. The molecule has 7 heteroatoms. The van der Waals surface area contributed by atoms with Crippen molar-refractivity contribution >= 4 is 17.6 Å². The number of nitrogens with zero attached hydrogens (tertiary/aromatic N) is 1. The van der Waals surface area contributed by atoms with E-state index in [9.17, 15) is 9.90 Å². The maximum Gasteiger partial charge on any atom is 0.313 e. The van der Waals surface area contributed by atoms with Gasteiger partial charge in [-0.05, 0) is 37.7 Å². The number of esters is 1. The molecule has 1 aromatic heterocycles. The molecule has 140 valence electrons. The van der Waals surface area contributed by atoms with Crippen LogP contribution in [0.25, 0.3) is 0 Å². The number of aliphatic hydroxyl groups excluding tert-OH is 1. The molecule has 3 atom stereocenters. The summed E-state index contributed by atoms with van der Waals surface area (Å²) in [7, 11) is 3.30. The summed E-state index contributed by atoms with van der Waals surface area (Å²) in [5.74, 6) is -0.725. The number of halogens is 1. The van der Waals surface area contributed by atoms with Crippen LogP contribution in [0.1, 0.15) is 30.2 Å². The SMILES string of the molecule is CCOC(=O)[C@H]([C@H](NC)c1ccc(OC)cc1)[C@@H](O)c1cccnc1Cl. The smallest absolute Gasteiger partial charge is 0.313 e. The maximum absolute atomic E-state index is 12.7. The molecule has 26 heavy (non-hydrogen) atoms. The minimum Gasteiger partial charge on any atom is -0.497 e. The zero-order chi connectivity index (χ0) is 19.1. The van der Waals surface area contributed by atoms with Crippen molar-refractivity contribution in [3.05, 3.63) is 58.9 Å². The summed E-state index contributed by atoms with van der Waals surface area (Å²) in [6.45, 7) is 1.93. The average molecular weight is 379 g/mol. The van der Waals surface area contributed by atoms with Crippen LogP contribution in [-0.2, 0) is 9.53 Å². The van der Waals surface area contributed by atoms with Gasteiger partial charge in [-0.1, -0.05) is 29.8 Å². The lowest BCUT2D eigenvalue weighted by Gasteiger charge is -2.30. The van der Waals surface area contributed by atoms with Crippen molar-refractivity contribution in [2.45, 2.75) is 19.1 Å². The Bertz CT molecular complexity index is 724. The van der Waals surface area contributed by atoms with Crippen molar-refractivity contribution in [1.82, 2.24) is 10.3 Å². The van der Waals surface area contributed by atoms with E-state index in [2.05, 4.69) is 10.3 Å². The number of hydrogen-bond donors (Lipinski definition) is 2. The molecule has 0 spiro atoms. The largest absolute Gasteiger partial charge is 0.497 e. The topological polar surface area (TPSA) is 80.7 Å². The minimum atomic E-state index is -1.19. The molecule has 0 saturated heterocycles. The molecule has 0 saturated carbocycles. The summed E-state index contributed by atoms with van der Waals surface area (Å²) >= 11 is 6.12. The van der Waals surface area contributed by atoms with E-state index in [1.165, 1.54) is 6.20 Å². The van der Waals surface area contributed by atoms with Crippen LogP contribution in [0.2, 0.25) is 5.15 Å². The quantitative estimate of drug-likeness (QED) is 0.543. The zero-order valence-electron chi connectivity index (χ0n) is 15.0. The first-order valence-electron chi connectivity index (χ1n) is 8.29. The molecule has 0 aliphatic heterocycles. The fourth-order valence-corrected chi connectivity index (χ4v) is 3.09. The molecule has 2 aromatic rings. The molecule has 0 fully saturated rings. The van der Waals surface area contributed by atoms with Crippen LogP contribution >= 0.6 is 11.6 Å². The highest BCUT2D eigenvalue weighted by Crippen LogP contribution is 2.36. The molecule has 0 radical (unpaired) electrons. The summed E-state index contributed by atoms with van der Waals surface area (Å²) in [5, 5.41) is 14.2. The van der Waals surface area contributed by atoms with Gasteiger partial charge in [0.05, 0.1) is 19.8 Å². The summed E-state index contributed by atoms with van der Waals surface area (Å²) in [6.07, 6.45) is 0.339. The van der Waals surface area contributed by atoms with Crippen molar-refractivity contribution in [3.63, 3.8) is 0 Å². The summed E-state index contributed by atoms with van der Waals surface area (Å²) < 4.78 is 10.4. The molecule has 6 nitrogen and oxygen atoms in total. The predicted molar refractivity (Wildman–Crippen MR) is 99.1 cm³/mol. The van der Waals surface area contributed by atoms with Crippen molar-refractivity contribution in [2.24, 2.45) is 5.92 Å². The Labute approximate surface area is 158 Å². The molecular formula is C19H23ClN2O4. The van der Waals surface area contributed by atoms with Crippen LogP contribution in [0, 0.1) is 5.92 Å². The van der Waals surface area contributed by atoms with Crippen LogP contribution < -0.4 is 10.1 Å². The predicted octanol–water partition coefficient (Wildman–Crippen LogP) is 2.92. The van der Waals surface area contributed by atoms with Gasteiger partial charge in [0.25, 0.3) is 0 Å². The van der Waals surface area contributed by atoms with Gasteiger partial charge in [0.1, 0.15) is 16.8 Å². The van der Waals surface area contributed by atoms with E-state index in [1.54, 1.807) is 45.3 Å². The maximum atomic E-state index is 12.7. The number of aromatic nitrogens is 1. The van der Waals surface area contributed by atoms with E-state index >= 15 is 0 Å². The summed E-state index contributed by atoms with van der Waals surface area (Å²) in [4.78, 5) is 16.6. The molecule has 0 bridgehead atoms. The molecule has 1 heterocycles. The monoisotopic (exact) mass is 378 g/mol. The van der Waals surface area contributed by atoms with Gasteiger partial charge in [-0.15, -0.1) is 0 Å². The van der Waals surface area contributed by atoms with Crippen LogP contribution in [0.5, 0.6) is 5.75 Å². The van der Waals surface area contributed by atoms with E-state index in [0.717, 1.165) is 5.56 Å². The van der Waals surface area contributed by atoms with Crippen molar-refractivity contribution < 1.29 is 19.4 Å². The van der Waals surface area contributed by atoms with Crippen molar-refractivity contribution in [2.75, 3.05) is 20.8 Å². The number of pyridine rings is 1. The lowest BCUT2D eigenvalue weighted by molar-refractivity contribution is -0.154. The normalized spacial score (nSPS) is 14.3. The van der Waals surface area contributed by atoms with Gasteiger partial charge in [-0.3, -0.25) is 4.79 Å². The van der Waals surface area contributed by atoms with Crippen LogP contribution in [0.15, 0.2) is 42.6 Å². The molecule has 2 rings (SSSR count). The molecule has 2 N–H and O–H groups in total. The highest BCUT2D eigenvalue weighted by atomic mass is 35.5. The Balaban J connectivity index is 2.44. The van der Waals surface area contributed by atoms with E-state index in [1.807, 2.05) is 12.1 Å². The second-order valence-corrected chi connectivity index (χ2v) is 6.00. The second-order valence-electron chi connectivity index (χ2n) is 5.65. The molecule has 0 amide bonds. The zero-order valence-corrected chi connectivity index (χ0v) is 15.7. The number of benzene rings is 1. The average Bonchev–Trinajstić information content (AvgIpc) is 2.66. The Kier molecular flexibility index (Phi) is 7.38. The van der Waals surface area contributed by atoms with Crippen LogP contribution in [-0.4, -0.2) is 36.8 Å². The summed E-state index contributed by atoms with van der Waals surface area (Å²) in [5.41, 5.74) is 1.19. The molecular weight excluding hydrogens is 356 g/mol. The van der Waals surface area contributed by atoms with Crippen molar-refractivity contribution in [3.8, 4) is 5.75 Å². The first-order chi connectivity index (χ1) is 12.5. The van der Waals surface area contributed by atoms with Gasteiger partial charge in [-0.2, -0.15) is 0 Å². The molecule has 0 aliphatic rings. The third kappa shape index (κ3) is 4.52. The fraction of sp³-hybridized carbons (Fsp3) is 0.368. The van der Waals surface area contributed by atoms with Crippen LogP contribution in [0.4, 0.5) is 0 Å². The Morgan fingerprint density at radius 2 is 2.00 bits per heavy atom. The van der Waals surface area contributed by atoms with E-state index < -0.39 is 24.0 Å². The van der Waals surface area contributed by atoms with Gasteiger partial charge < -0.3 is 19.9 Å². The fourth-order valence-electron chi connectivity index (χ4n) is 2.86. The third-order valence-electron chi connectivity index (χ3n) is 4.15. The van der Waals surface area contributed by atoms with Gasteiger partial charge in [0.2, 0.25) is 0 Å². The van der Waals surface area contributed by atoms with Gasteiger partial charge in [0, 0.05) is 17.8 Å². The molecule has 1 aromatic carbocycles.